The quantitative estimate of drug-likeness (QED) is 0.559. The lowest BCUT2D eigenvalue weighted by molar-refractivity contribution is -0.116. The van der Waals surface area contributed by atoms with Crippen LogP contribution in [-0.2, 0) is 11.3 Å². The number of ether oxygens (including phenoxy) is 1. The Kier molecular flexibility index (Phi) is 4.76. The molecule has 140 valence electrons. The van der Waals surface area contributed by atoms with Gasteiger partial charge >= 0.3 is 0 Å². The Hall–Kier alpha value is -3.67. The fourth-order valence-corrected chi connectivity index (χ4v) is 3.16. The number of carbonyl (C=O) groups is 1. The number of halogens is 1. The number of aromatic nitrogens is 2. The Morgan fingerprint density at radius 1 is 1.04 bits per heavy atom. The van der Waals surface area contributed by atoms with Crippen LogP contribution in [-0.4, -0.2) is 22.6 Å². The van der Waals surface area contributed by atoms with Gasteiger partial charge in [-0.1, -0.05) is 36.4 Å². The van der Waals surface area contributed by atoms with Gasteiger partial charge in [0.15, 0.2) is 0 Å². The van der Waals surface area contributed by atoms with Crippen molar-refractivity contribution in [3.8, 4) is 17.1 Å². The molecular weight excluding hydrogens is 357 g/mol. The first-order valence-electron chi connectivity index (χ1n) is 8.80. The lowest BCUT2D eigenvalue weighted by atomic mass is 10.2. The molecule has 1 aromatic heterocycles. The molecule has 0 aliphatic carbocycles. The van der Waals surface area contributed by atoms with Gasteiger partial charge in [-0.25, -0.2) is 9.37 Å². The molecule has 0 saturated heterocycles. The van der Waals surface area contributed by atoms with E-state index in [2.05, 4.69) is 10.3 Å². The molecule has 5 nitrogen and oxygen atoms in total. The number of hydrogen-bond donors (Lipinski definition) is 1. The van der Waals surface area contributed by atoms with E-state index in [0.29, 0.717) is 28.3 Å². The second-order valence-electron chi connectivity index (χ2n) is 6.24. The summed E-state index contributed by atoms with van der Waals surface area (Å²) in [7, 11) is 1.55. The predicted molar refractivity (Wildman–Crippen MR) is 107 cm³/mol. The monoisotopic (exact) mass is 375 g/mol. The minimum atomic E-state index is -0.385. The molecule has 0 spiro atoms. The summed E-state index contributed by atoms with van der Waals surface area (Å²) >= 11 is 0. The van der Waals surface area contributed by atoms with E-state index < -0.39 is 0 Å². The summed E-state index contributed by atoms with van der Waals surface area (Å²) in [5.41, 5.74) is 2.39. The molecule has 6 heteroatoms. The lowest BCUT2D eigenvalue weighted by Gasteiger charge is -2.12. The minimum absolute atomic E-state index is 0.0117. The van der Waals surface area contributed by atoms with E-state index in [1.165, 1.54) is 6.07 Å². The maximum atomic E-state index is 14.4. The Balaban J connectivity index is 1.73. The van der Waals surface area contributed by atoms with Crippen molar-refractivity contribution in [2.24, 2.45) is 0 Å². The van der Waals surface area contributed by atoms with Gasteiger partial charge in [0.1, 0.15) is 23.9 Å². The number of nitrogens with zero attached hydrogens (tertiary/aromatic N) is 2. The molecule has 0 fully saturated rings. The number of methoxy groups -OCH3 is 1. The van der Waals surface area contributed by atoms with E-state index in [1.807, 2.05) is 36.4 Å². The third kappa shape index (κ3) is 3.32. The number of nitrogens with one attached hydrogen (secondary N) is 1. The number of fused-ring (bicyclic) bond motifs is 1. The van der Waals surface area contributed by atoms with E-state index in [4.69, 9.17) is 4.74 Å². The fraction of sp³-hybridized carbons (Fsp3) is 0.0909. The van der Waals surface area contributed by atoms with E-state index in [9.17, 15) is 9.18 Å². The molecule has 4 rings (SSSR count). The largest absolute Gasteiger partial charge is 0.495 e. The van der Waals surface area contributed by atoms with Gasteiger partial charge in [-0.05, 0) is 36.4 Å². The molecule has 3 aromatic carbocycles. The maximum absolute atomic E-state index is 14.4. The number of anilines is 1. The van der Waals surface area contributed by atoms with Crippen LogP contribution in [0.3, 0.4) is 0 Å². The number of para-hydroxylation sites is 4. The lowest BCUT2D eigenvalue weighted by Crippen LogP contribution is -2.19. The highest BCUT2D eigenvalue weighted by atomic mass is 19.1. The fourth-order valence-electron chi connectivity index (χ4n) is 3.16. The van der Waals surface area contributed by atoms with Crippen LogP contribution < -0.4 is 10.1 Å². The van der Waals surface area contributed by atoms with Gasteiger partial charge in [-0.15, -0.1) is 0 Å². The predicted octanol–water partition coefficient (Wildman–Crippen LogP) is 4.49. The molecule has 0 saturated carbocycles. The summed E-state index contributed by atoms with van der Waals surface area (Å²) in [4.78, 5) is 17.3. The van der Waals surface area contributed by atoms with Crippen molar-refractivity contribution < 1.29 is 13.9 Å². The van der Waals surface area contributed by atoms with E-state index >= 15 is 0 Å². The molecule has 0 radical (unpaired) electrons. The van der Waals surface area contributed by atoms with Crippen LogP contribution in [0.25, 0.3) is 22.4 Å². The zero-order valence-corrected chi connectivity index (χ0v) is 15.2. The third-order valence-corrected chi connectivity index (χ3v) is 4.45. The van der Waals surface area contributed by atoms with Crippen molar-refractivity contribution in [2.75, 3.05) is 12.4 Å². The van der Waals surface area contributed by atoms with Crippen LogP contribution in [0.15, 0.2) is 72.8 Å². The van der Waals surface area contributed by atoms with Gasteiger partial charge in [0.2, 0.25) is 5.91 Å². The summed E-state index contributed by atoms with van der Waals surface area (Å²) in [5.74, 6) is 0.338. The van der Waals surface area contributed by atoms with Crippen molar-refractivity contribution in [3.05, 3.63) is 78.6 Å². The summed E-state index contributed by atoms with van der Waals surface area (Å²) in [5, 5.41) is 2.85. The van der Waals surface area contributed by atoms with Crippen LogP contribution in [0.1, 0.15) is 0 Å². The highest BCUT2D eigenvalue weighted by molar-refractivity contribution is 5.94. The van der Waals surface area contributed by atoms with Gasteiger partial charge in [0, 0.05) is 0 Å². The second kappa shape index (κ2) is 7.52. The summed E-state index contributed by atoms with van der Waals surface area (Å²) in [6.07, 6.45) is 0. The zero-order chi connectivity index (χ0) is 19.5. The zero-order valence-electron chi connectivity index (χ0n) is 15.2. The molecule has 1 N–H and O–H groups in total. The molecule has 0 unspecified atom stereocenters. The number of carbonyl (C=O) groups excluding carboxylic acids is 1. The summed E-state index contributed by atoms with van der Waals surface area (Å²) in [6, 6.07) is 21.0. The van der Waals surface area contributed by atoms with Crippen LogP contribution >= 0.6 is 0 Å². The highest BCUT2D eigenvalue weighted by Crippen LogP contribution is 2.27. The van der Waals surface area contributed by atoms with E-state index in [1.54, 1.807) is 42.0 Å². The smallest absolute Gasteiger partial charge is 0.244 e. The van der Waals surface area contributed by atoms with Gasteiger partial charge in [0.25, 0.3) is 0 Å². The molecular formula is C22H18FN3O2. The number of imidazole rings is 1. The maximum Gasteiger partial charge on any atom is 0.244 e. The molecule has 0 atom stereocenters. The first kappa shape index (κ1) is 17.7. The summed E-state index contributed by atoms with van der Waals surface area (Å²) in [6.45, 7) is -0.0117. The topological polar surface area (TPSA) is 56.1 Å². The minimum Gasteiger partial charge on any atom is -0.495 e. The number of benzene rings is 3. The average molecular weight is 375 g/mol. The molecule has 28 heavy (non-hydrogen) atoms. The second-order valence-corrected chi connectivity index (χ2v) is 6.24. The van der Waals surface area contributed by atoms with Gasteiger partial charge in [-0.2, -0.15) is 0 Å². The number of amides is 1. The van der Waals surface area contributed by atoms with Gasteiger partial charge in [-0.3, -0.25) is 4.79 Å². The van der Waals surface area contributed by atoms with E-state index in [-0.39, 0.29) is 18.3 Å². The van der Waals surface area contributed by atoms with Crippen molar-refractivity contribution in [2.45, 2.75) is 6.54 Å². The molecule has 0 bridgehead atoms. The van der Waals surface area contributed by atoms with Crippen LogP contribution in [0, 0.1) is 5.82 Å². The van der Waals surface area contributed by atoms with E-state index in [0.717, 1.165) is 5.52 Å². The number of rotatable bonds is 5. The van der Waals surface area contributed by atoms with Crippen molar-refractivity contribution in [3.63, 3.8) is 0 Å². The van der Waals surface area contributed by atoms with Gasteiger partial charge in [0.05, 0.1) is 29.4 Å². The molecule has 4 aromatic rings. The average Bonchev–Trinajstić information content (AvgIpc) is 3.07. The Morgan fingerprint density at radius 2 is 1.75 bits per heavy atom. The van der Waals surface area contributed by atoms with Crippen molar-refractivity contribution >= 4 is 22.6 Å². The first-order valence-corrected chi connectivity index (χ1v) is 8.80. The van der Waals surface area contributed by atoms with Crippen molar-refractivity contribution in [1.29, 1.82) is 0 Å². The Bertz CT molecular complexity index is 1150. The SMILES string of the molecule is COc1ccccc1NC(=O)Cn1c(-c2ccccc2F)nc2ccccc21. The van der Waals surface area contributed by atoms with Crippen molar-refractivity contribution in [1.82, 2.24) is 9.55 Å². The molecule has 1 heterocycles. The first-order chi connectivity index (χ1) is 13.7. The highest BCUT2D eigenvalue weighted by Gasteiger charge is 2.18. The Labute approximate surface area is 161 Å². The third-order valence-electron chi connectivity index (χ3n) is 4.45. The molecule has 0 aliphatic heterocycles. The van der Waals surface area contributed by atoms with Gasteiger partial charge < -0.3 is 14.6 Å². The summed E-state index contributed by atoms with van der Waals surface area (Å²) < 4.78 is 21.4. The van der Waals surface area contributed by atoms with Crippen LogP contribution in [0.4, 0.5) is 10.1 Å². The molecule has 0 aliphatic rings. The standard InChI is InChI=1S/C22H18FN3O2/c1-28-20-13-7-5-11-18(20)24-21(27)14-26-19-12-6-4-10-17(19)25-22(26)15-8-2-3-9-16(15)23/h2-13H,14H2,1H3,(H,24,27). The van der Waals surface area contributed by atoms with Crippen LogP contribution in [0.5, 0.6) is 5.75 Å². The normalized spacial score (nSPS) is 10.8. The number of hydrogen-bond acceptors (Lipinski definition) is 3. The Morgan fingerprint density at radius 3 is 2.57 bits per heavy atom. The van der Waals surface area contributed by atoms with Crippen LogP contribution in [0.2, 0.25) is 0 Å². The molecule has 1 amide bonds.